The van der Waals surface area contributed by atoms with E-state index in [0.717, 1.165) is 54.3 Å². The fourth-order valence-electron chi connectivity index (χ4n) is 2.65. The number of aryl methyl sites for hydroxylation is 1. The van der Waals surface area contributed by atoms with Crippen molar-refractivity contribution in [1.82, 2.24) is 19.8 Å². The van der Waals surface area contributed by atoms with Gasteiger partial charge in [-0.3, -0.25) is 0 Å². The lowest BCUT2D eigenvalue weighted by atomic mass is 10.1. The number of nitrogens with one attached hydrogen (secondary N) is 1. The molecule has 126 valence electrons. The van der Waals surface area contributed by atoms with E-state index in [1.165, 1.54) is 5.56 Å². The quantitative estimate of drug-likeness (QED) is 0.723. The summed E-state index contributed by atoms with van der Waals surface area (Å²) in [7, 11) is 0. The number of nitrogens with zero attached hydrogens (tertiary/aromatic N) is 4. The Morgan fingerprint density at radius 2 is 2.04 bits per heavy atom. The maximum atomic E-state index is 5.83. The molecule has 1 aromatic carbocycles. The second-order valence-corrected chi connectivity index (χ2v) is 5.82. The molecule has 0 fully saturated rings. The first-order valence-corrected chi connectivity index (χ1v) is 8.32. The molecule has 24 heavy (non-hydrogen) atoms. The summed E-state index contributed by atoms with van der Waals surface area (Å²) >= 11 is 0. The molecule has 0 aliphatic carbocycles. The van der Waals surface area contributed by atoms with E-state index in [0.29, 0.717) is 0 Å². The van der Waals surface area contributed by atoms with E-state index in [1.807, 2.05) is 25.1 Å². The van der Waals surface area contributed by atoms with Crippen LogP contribution in [0.15, 0.2) is 30.6 Å². The Balaban J connectivity index is 1.74. The summed E-state index contributed by atoms with van der Waals surface area (Å²) in [5, 5.41) is 16.1. The zero-order chi connectivity index (χ0) is 16.9. The molecule has 6 nitrogen and oxygen atoms in total. The second-order valence-electron chi connectivity index (χ2n) is 5.82. The van der Waals surface area contributed by atoms with Gasteiger partial charge in [-0.15, -0.1) is 10.2 Å². The van der Waals surface area contributed by atoms with Crippen LogP contribution in [-0.4, -0.2) is 33.0 Å². The van der Waals surface area contributed by atoms with Crippen molar-refractivity contribution in [2.45, 2.75) is 33.6 Å². The maximum Gasteiger partial charge on any atom is 0.200 e. The summed E-state index contributed by atoms with van der Waals surface area (Å²) < 4.78 is 7.54. The number of ether oxygens (including phenoxy) is 1. The minimum absolute atomic E-state index is 0.744. The van der Waals surface area contributed by atoms with Crippen LogP contribution < -0.4 is 10.1 Å². The average molecular weight is 325 g/mol. The predicted molar refractivity (Wildman–Crippen MR) is 94.7 cm³/mol. The van der Waals surface area contributed by atoms with Crippen LogP contribution in [0.2, 0.25) is 0 Å². The van der Waals surface area contributed by atoms with Gasteiger partial charge in [0.1, 0.15) is 12.1 Å². The molecule has 0 saturated carbocycles. The maximum absolute atomic E-state index is 5.83. The molecule has 0 aliphatic rings. The number of hydrogen-bond donors (Lipinski definition) is 1. The standard InChI is InChI=1S/C18H23N5O/c1-4-11-24-16-8-6-5-7-15(16)9-10-19-17-13(2)14(3)22-23-12-20-21-18(17)23/h5-8,12,19H,4,9-11H2,1-3H3. The third-order valence-electron chi connectivity index (χ3n) is 4.06. The van der Waals surface area contributed by atoms with Crippen LogP contribution in [0.25, 0.3) is 5.65 Å². The van der Waals surface area contributed by atoms with Gasteiger partial charge >= 0.3 is 0 Å². The zero-order valence-corrected chi connectivity index (χ0v) is 14.4. The first-order chi connectivity index (χ1) is 11.7. The average Bonchev–Trinajstić information content (AvgIpc) is 3.05. The molecule has 6 heteroatoms. The highest BCUT2D eigenvalue weighted by Gasteiger charge is 2.11. The number of hydrogen-bond acceptors (Lipinski definition) is 5. The van der Waals surface area contributed by atoms with Crippen LogP contribution in [0.5, 0.6) is 5.75 Å². The van der Waals surface area contributed by atoms with E-state index >= 15 is 0 Å². The summed E-state index contributed by atoms with van der Waals surface area (Å²) in [6.07, 6.45) is 3.51. The molecule has 0 unspecified atom stereocenters. The van der Waals surface area contributed by atoms with Gasteiger partial charge in [-0.2, -0.15) is 9.61 Å². The lowest BCUT2D eigenvalue weighted by Gasteiger charge is -2.14. The minimum Gasteiger partial charge on any atom is -0.493 e. The van der Waals surface area contributed by atoms with E-state index < -0.39 is 0 Å². The van der Waals surface area contributed by atoms with Crippen molar-refractivity contribution in [1.29, 1.82) is 0 Å². The Morgan fingerprint density at radius 3 is 2.88 bits per heavy atom. The third kappa shape index (κ3) is 3.32. The van der Waals surface area contributed by atoms with Crippen LogP contribution in [0.3, 0.4) is 0 Å². The third-order valence-corrected chi connectivity index (χ3v) is 4.06. The van der Waals surface area contributed by atoms with Crippen molar-refractivity contribution < 1.29 is 4.74 Å². The molecular weight excluding hydrogens is 302 g/mol. The van der Waals surface area contributed by atoms with Crippen molar-refractivity contribution in [3.8, 4) is 5.75 Å². The molecule has 0 bridgehead atoms. The second kappa shape index (κ2) is 7.29. The highest BCUT2D eigenvalue weighted by Crippen LogP contribution is 2.23. The number of para-hydroxylation sites is 1. The lowest BCUT2D eigenvalue weighted by Crippen LogP contribution is -2.11. The highest BCUT2D eigenvalue weighted by atomic mass is 16.5. The summed E-state index contributed by atoms with van der Waals surface area (Å²) in [5.74, 6) is 0.969. The Bertz CT molecular complexity index is 827. The topological polar surface area (TPSA) is 64.3 Å². The molecule has 0 amide bonds. The Morgan fingerprint density at radius 1 is 1.21 bits per heavy atom. The van der Waals surface area contributed by atoms with Gasteiger partial charge < -0.3 is 10.1 Å². The molecule has 0 atom stereocenters. The smallest absolute Gasteiger partial charge is 0.200 e. The summed E-state index contributed by atoms with van der Waals surface area (Å²) in [6, 6.07) is 8.21. The number of rotatable bonds is 7. The SMILES string of the molecule is CCCOc1ccccc1CCNc1c(C)c(C)nn2cnnc12. The fourth-order valence-corrected chi connectivity index (χ4v) is 2.65. The molecule has 0 saturated heterocycles. The summed E-state index contributed by atoms with van der Waals surface area (Å²) in [4.78, 5) is 0. The van der Waals surface area contributed by atoms with E-state index in [2.05, 4.69) is 40.5 Å². The van der Waals surface area contributed by atoms with Gasteiger partial charge in [0, 0.05) is 6.54 Å². The predicted octanol–water partition coefficient (Wildman–Crippen LogP) is 3.18. The van der Waals surface area contributed by atoms with Gasteiger partial charge in [0.15, 0.2) is 0 Å². The van der Waals surface area contributed by atoms with E-state index in [4.69, 9.17) is 4.74 Å². The largest absolute Gasteiger partial charge is 0.493 e. The molecule has 2 heterocycles. The van der Waals surface area contributed by atoms with Gasteiger partial charge in [-0.05, 0) is 43.9 Å². The monoisotopic (exact) mass is 325 g/mol. The normalized spacial score (nSPS) is 11.0. The Hall–Kier alpha value is -2.63. The molecular formula is C18H23N5O. The van der Waals surface area contributed by atoms with Crippen molar-refractivity contribution in [2.75, 3.05) is 18.5 Å². The van der Waals surface area contributed by atoms with Crippen LogP contribution in [-0.2, 0) is 6.42 Å². The van der Waals surface area contributed by atoms with Gasteiger partial charge in [0.05, 0.1) is 18.0 Å². The number of anilines is 1. The Kier molecular flexibility index (Phi) is 4.93. The van der Waals surface area contributed by atoms with Crippen LogP contribution >= 0.6 is 0 Å². The molecule has 0 radical (unpaired) electrons. The van der Waals surface area contributed by atoms with Crippen LogP contribution in [0, 0.1) is 13.8 Å². The van der Waals surface area contributed by atoms with E-state index in [9.17, 15) is 0 Å². The highest BCUT2D eigenvalue weighted by molar-refractivity contribution is 5.71. The van der Waals surface area contributed by atoms with Gasteiger partial charge in [0.2, 0.25) is 5.65 Å². The van der Waals surface area contributed by atoms with Crippen molar-refractivity contribution >= 4 is 11.3 Å². The molecule has 0 spiro atoms. The zero-order valence-electron chi connectivity index (χ0n) is 14.4. The van der Waals surface area contributed by atoms with Crippen LogP contribution in [0.4, 0.5) is 5.69 Å². The summed E-state index contributed by atoms with van der Waals surface area (Å²) in [5.41, 5.74) is 5.03. The number of aromatic nitrogens is 4. The van der Waals surface area contributed by atoms with E-state index in [-0.39, 0.29) is 0 Å². The molecule has 2 aromatic heterocycles. The molecule has 3 aromatic rings. The Labute approximate surface area is 141 Å². The fraction of sp³-hybridized carbons (Fsp3) is 0.389. The van der Waals surface area contributed by atoms with Gasteiger partial charge in [-0.25, -0.2) is 0 Å². The van der Waals surface area contributed by atoms with Gasteiger partial charge in [0.25, 0.3) is 0 Å². The molecule has 3 rings (SSSR count). The molecule has 1 N–H and O–H groups in total. The lowest BCUT2D eigenvalue weighted by molar-refractivity contribution is 0.314. The molecule has 0 aliphatic heterocycles. The first-order valence-electron chi connectivity index (χ1n) is 8.32. The number of fused-ring (bicyclic) bond motifs is 1. The first kappa shape index (κ1) is 16.2. The number of benzene rings is 1. The van der Waals surface area contributed by atoms with Crippen molar-refractivity contribution in [2.24, 2.45) is 0 Å². The van der Waals surface area contributed by atoms with Crippen LogP contribution in [0.1, 0.15) is 30.2 Å². The minimum atomic E-state index is 0.744. The van der Waals surface area contributed by atoms with Gasteiger partial charge in [-0.1, -0.05) is 25.1 Å². The van der Waals surface area contributed by atoms with Crippen molar-refractivity contribution in [3.05, 3.63) is 47.4 Å². The summed E-state index contributed by atoms with van der Waals surface area (Å²) in [6.45, 7) is 7.70. The van der Waals surface area contributed by atoms with Crippen molar-refractivity contribution in [3.63, 3.8) is 0 Å². The van der Waals surface area contributed by atoms with E-state index in [1.54, 1.807) is 10.8 Å².